The van der Waals surface area contributed by atoms with E-state index in [-0.39, 0.29) is 20.1 Å². The van der Waals surface area contributed by atoms with Crippen molar-refractivity contribution in [2.45, 2.75) is 0 Å². The molecule has 0 atom stereocenters. The minimum absolute atomic E-state index is 0. The number of para-hydroxylation sites is 2. The van der Waals surface area contributed by atoms with Gasteiger partial charge in [-0.05, 0) is 36.4 Å². The SMILES string of the molecule is [Ir].[c-]1nn(-c2cccc(-n3c4ccccc4c4ccccc43)c2)c2c3ccncc3c3ccnn3c12. The fourth-order valence-corrected chi connectivity index (χ4v) is 5.33. The van der Waals surface area contributed by atoms with Crippen molar-refractivity contribution in [3.63, 3.8) is 0 Å². The van der Waals surface area contributed by atoms with Gasteiger partial charge in [0.25, 0.3) is 0 Å². The number of nitrogens with zero attached hydrogens (tertiary/aromatic N) is 6. The normalized spacial score (nSPS) is 11.7. The Hall–Kier alpha value is -4.32. The first-order valence-electron chi connectivity index (χ1n) is 11.5. The molecule has 6 nitrogen and oxygen atoms in total. The minimum Gasteiger partial charge on any atom is -0.328 e. The van der Waals surface area contributed by atoms with Crippen LogP contribution in [0.4, 0.5) is 0 Å². The fraction of sp³-hybridized carbons (Fsp3) is 0. The van der Waals surface area contributed by atoms with Crippen molar-refractivity contribution in [1.82, 2.24) is 28.9 Å². The monoisotopic (exact) mass is 642 g/mol. The number of hydrogen-bond acceptors (Lipinski definition) is 3. The van der Waals surface area contributed by atoms with Gasteiger partial charge in [-0.3, -0.25) is 14.6 Å². The van der Waals surface area contributed by atoms with Crippen molar-refractivity contribution in [3.8, 4) is 11.4 Å². The van der Waals surface area contributed by atoms with Crippen LogP contribution in [0.2, 0.25) is 0 Å². The molecular weight excluding hydrogens is 625 g/mol. The molecule has 0 aliphatic rings. The molecule has 0 bridgehead atoms. The summed E-state index contributed by atoms with van der Waals surface area (Å²) < 4.78 is 6.16. The molecule has 8 rings (SSSR count). The molecule has 5 aromatic heterocycles. The van der Waals surface area contributed by atoms with E-state index in [1.165, 1.54) is 21.8 Å². The summed E-state index contributed by atoms with van der Waals surface area (Å²) in [4.78, 5) is 4.36. The quantitative estimate of drug-likeness (QED) is 0.214. The van der Waals surface area contributed by atoms with Gasteiger partial charge in [0.2, 0.25) is 0 Å². The summed E-state index contributed by atoms with van der Waals surface area (Å²) in [5, 5.41) is 13.8. The van der Waals surface area contributed by atoms with Gasteiger partial charge in [-0.15, -0.1) is 0 Å². The molecule has 0 saturated heterocycles. The predicted molar refractivity (Wildman–Crippen MR) is 138 cm³/mol. The molecule has 0 aliphatic carbocycles. The van der Waals surface area contributed by atoms with E-state index in [2.05, 4.69) is 93.6 Å². The van der Waals surface area contributed by atoms with E-state index in [1.54, 1.807) is 6.20 Å². The molecule has 0 spiro atoms. The second-order valence-electron chi connectivity index (χ2n) is 8.66. The first-order chi connectivity index (χ1) is 17.4. The number of pyridine rings is 2. The van der Waals surface area contributed by atoms with Gasteiger partial charge in [0, 0.05) is 66.2 Å². The average molecular weight is 642 g/mol. The molecular formula is C29H17IrN6-. The Bertz CT molecular complexity index is 2030. The standard InChI is InChI=1S/C29H17N6.Ir/c1-3-10-25-21(8-1)22-9-2-4-11-26(22)33(25)19-6-5-7-20(16-19)34-29-23-12-14-30-17-24(23)27-13-15-31-35(27)28(29)18-32-34;/h1-17H;/q-1;. The predicted octanol–water partition coefficient (Wildman–Crippen LogP) is 6.12. The van der Waals surface area contributed by atoms with Gasteiger partial charge in [0.15, 0.2) is 0 Å². The molecule has 0 amide bonds. The van der Waals surface area contributed by atoms with Crippen molar-refractivity contribution in [2.75, 3.05) is 0 Å². The Balaban J connectivity index is 0.00000220. The summed E-state index contributed by atoms with van der Waals surface area (Å²) in [6.07, 6.45) is 8.71. The molecule has 0 saturated carbocycles. The molecule has 7 heteroatoms. The molecule has 0 fully saturated rings. The van der Waals surface area contributed by atoms with Crippen LogP contribution in [0.1, 0.15) is 0 Å². The molecule has 8 aromatic rings. The van der Waals surface area contributed by atoms with Crippen molar-refractivity contribution in [1.29, 1.82) is 0 Å². The van der Waals surface area contributed by atoms with Crippen LogP contribution in [-0.4, -0.2) is 28.9 Å². The summed E-state index contributed by atoms with van der Waals surface area (Å²) in [5.41, 5.74) is 7.18. The third-order valence-corrected chi connectivity index (χ3v) is 6.81. The summed E-state index contributed by atoms with van der Waals surface area (Å²) in [5.74, 6) is 0. The molecule has 1 radical (unpaired) electrons. The molecule has 0 N–H and O–H groups in total. The van der Waals surface area contributed by atoms with E-state index in [9.17, 15) is 0 Å². The zero-order chi connectivity index (χ0) is 22.9. The topological polar surface area (TPSA) is 52.9 Å². The van der Waals surface area contributed by atoms with Gasteiger partial charge in [-0.1, -0.05) is 71.1 Å². The van der Waals surface area contributed by atoms with Crippen LogP contribution in [0, 0.1) is 6.20 Å². The number of benzene rings is 3. The average Bonchev–Trinajstić information content (AvgIpc) is 3.64. The van der Waals surface area contributed by atoms with Crippen LogP contribution in [0.5, 0.6) is 0 Å². The van der Waals surface area contributed by atoms with Crippen LogP contribution < -0.4 is 0 Å². The van der Waals surface area contributed by atoms with E-state index in [0.29, 0.717) is 0 Å². The Labute approximate surface area is 218 Å². The van der Waals surface area contributed by atoms with E-state index in [1.807, 2.05) is 33.7 Å². The molecule has 173 valence electrons. The summed E-state index contributed by atoms with van der Waals surface area (Å²) in [6, 6.07) is 29.6. The third-order valence-electron chi connectivity index (χ3n) is 6.81. The van der Waals surface area contributed by atoms with Crippen molar-refractivity contribution in [2.24, 2.45) is 0 Å². The molecule has 0 unspecified atom stereocenters. The van der Waals surface area contributed by atoms with Gasteiger partial charge >= 0.3 is 0 Å². The van der Waals surface area contributed by atoms with Crippen LogP contribution in [-0.2, 0) is 20.1 Å². The van der Waals surface area contributed by atoms with E-state index in [4.69, 9.17) is 5.10 Å². The molecule has 3 aromatic carbocycles. The zero-order valence-electron chi connectivity index (χ0n) is 18.8. The zero-order valence-corrected chi connectivity index (χ0v) is 21.2. The van der Waals surface area contributed by atoms with Crippen molar-refractivity contribution >= 4 is 49.1 Å². The first kappa shape index (κ1) is 21.0. The largest absolute Gasteiger partial charge is 0.328 e. The number of aromatic nitrogens is 6. The first-order valence-corrected chi connectivity index (χ1v) is 11.5. The minimum atomic E-state index is 0. The van der Waals surface area contributed by atoms with Gasteiger partial charge in [0.05, 0.1) is 16.6 Å². The number of fused-ring (bicyclic) bond motifs is 9. The maximum absolute atomic E-state index is 4.69. The Morgan fingerprint density at radius 1 is 0.639 bits per heavy atom. The number of hydrogen-bond donors (Lipinski definition) is 0. The Kier molecular flexibility index (Phi) is 4.58. The smallest absolute Gasteiger partial charge is 0.0712 e. The fourth-order valence-electron chi connectivity index (χ4n) is 5.33. The second-order valence-corrected chi connectivity index (χ2v) is 8.66. The second kappa shape index (κ2) is 7.85. The maximum Gasteiger partial charge on any atom is 0.0712 e. The van der Waals surface area contributed by atoms with E-state index < -0.39 is 0 Å². The summed E-state index contributed by atoms with van der Waals surface area (Å²) >= 11 is 0. The van der Waals surface area contributed by atoms with E-state index >= 15 is 0 Å². The van der Waals surface area contributed by atoms with Crippen molar-refractivity contribution < 1.29 is 20.1 Å². The molecule has 0 aliphatic heterocycles. The van der Waals surface area contributed by atoms with Crippen molar-refractivity contribution in [3.05, 3.63) is 110 Å². The molecule has 5 heterocycles. The Morgan fingerprint density at radius 3 is 2.19 bits per heavy atom. The summed E-state index contributed by atoms with van der Waals surface area (Å²) in [6.45, 7) is 0. The van der Waals surface area contributed by atoms with Crippen LogP contribution in [0.3, 0.4) is 0 Å². The number of rotatable bonds is 2. The van der Waals surface area contributed by atoms with Crippen LogP contribution in [0.25, 0.3) is 60.5 Å². The van der Waals surface area contributed by atoms with Crippen LogP contribution in [0.15, 0.2) is 104 Å². The van der Waals surface area contributed by atoms with Crippen LogP contribution >= 0.6 is 0 Å². The van der Waals surface area contributed by atoms with Gasteiger partial charge in [-0.2, -0.15) is 5.10 Å². The van der Waals surface area contributed by atoms with E-state index in [0.717, 1.165) is 38.7 Å². The summed E-state index contributed by atoms with van der Waals surface area (Å²) in [7, 11) is 0. The van der Waals surface area contributed by atoms with Gasteiger partial charge in [-0.25, -0.2) is 0 Å². The Morgan fingerprint density at radius 2 is 1.39 bits per heavy atom. The van der Waals surface area contributed by atoms with Gasteiger partial charge in [0.1, 0.15) is 0 Å². The molecule has 36 heavy (non-hydrogen) atoms. The van der Waals surface area contributed by atoms with Gasteiger partial charge < -0.3 is 9.25 Å². The third kappa shape index (κ3) is 2.78. The maximum atomic E-state index is 4.69.